The Bertz CT molecular complexity index is 1030. The molecule has 1 saturated carbocycles. The normalized spacial score (nSPS) is 22.0. The van der Waals surface area contributed by atoms with Crippen LogP contribution in [0.25, 0.3) is 0 Å². The molecule has 1 N–H and O–H groups in total. The van der Waals surface area contributed by atoms with Crippen molar-refractivity contribution in [2.24, 2.45) is 0 Å². The molecular formula is C25H27N3OS2. The fraction of sp³-hybridized carbons (Fsp3) is 0.360. The van der Waals surface area contributed by atoms with Crippen LogP contribution in [-0.4, -0.2) is 21.0 Å². The lowest BCUT2D eigenvalue weighted by Crippen LogP contribution is -2.40. The molecule has 0 bridgehead atoms. The molecule has 2 aliphatic rings. The van der Waals surface area contributed by atoms with Crippen LogP contribution in [0.3, 0.4) is 0 Å². The summed E-state index contributed by atoms with van der Waals surface area (Å²) in [6, 6.07) is 19.2. The number of nitrogens with zero attached hydrogens (tertiary/aromatic N) is 2. The van der Waals surface area contributed by atoms with Gasteiger partial charge >= 0.3 is 0 Å². The van der Waals surface area contributed by atoms with E-state index in [-0.39, 0.29) is 12.1 Å². The van der Waals surface area contributed by atoms with Crippen molar-refractivity contribution in [2.75, 3.05) is 0 Å². The Hall–Kier alpha value is -2.31. The second-order valence-corrected chi connectivity index (χ2v) is 9.86. The van der Waals surface area contributed by atoms with E-state index >= 15 is 0 Å². The Morgan fingerprint density at radius 2 is 1.84 bits per heavy atom. The highest BCUT2D eigenvalue weighted by atomic mass is 32.2. The Morgan fingerprint density at radius 3 is 2.58 bits per heavy atom. The minimum atomic E-state index is -0.0148. The maximum atomic E-state index is 6.42. The molecule has 0 spiro atoms. The number of furan rings is 1. The van der Waals surface area contributed by atoms with Gasteiger partial charge in [-0.25, -0.2) is 0 Å². The Balaban J connectivity index is 1.46. The van der Waals surface area contributed by atoms with Crippen molar-refractivity contribution in [2.45, 2.75) is 67.1 Å². The highest BCUT2D eigenvalue weighted by molar-refractivity contribution is 7.99. The number of aromatic nitrogens is 1. The average molecular weight is 450 g/mol. The molecule has 4 nitrogen and oxygen atoms in total. The van der Waals surface area contributed by atoms with Crippen molar-refractivity contribution < 1.29 is 4.42 Å². The molecule has 3 aromatic rings. The molecule has 0 unspecified atom stereocenters. The maximum Gasteiger partial charge on any atom is 0.170 e. The number of nitrogens with one attached hydrogen (secondary N) is 1. The number of pyridine rings is 1. The Kier molecular flexibility index (Phi) is 6.01. The van der Waals surface area contributed by atoms with Gasteiger partial charge in [0.2, 0.25) is 0 Å². The molecule has 5 rings (SSSR count). The summed E-state index contributed by atoms with van der Waals surface area (Å²) in [4.78, 5) is 8.21. The van der Waals surface area contributed by atoms with Crippen molar-refractivity contribution in [1.82, 2.24) is 15.2 Å². The van der Waals surface area contributed by atoms with Crippen LogP contribution in [-0.2, 0) is 0 Å². The molecule has 1 aliphatic carbocycles. The van der Waals surface area contributed by atoms with Crippen LogP contribution >= 0.6 is 24.0 Å². The van der Waals surface area contributed by atoms with Gasteiger partial charge in [-0.3, -0.25) is 4.98 Å². The smallest absolute Gasteiger partial charge is 0.170 e. The van der Waals surface area contributed by atoms with Crippen LogP contribution in [0.5, 0.6) is 0 Å². The third kappa shape index (κ3) is 4.37. The van der Waals surface area contributed by atoms with E-state index in [1.807, 2.05) is 18.3 Å². The van der Waals surface area contributed by atoms with Gasteiger partial charge in [0, 0.05) is 17.1 Å². The predicted octanol–water partition coefficient (Wildman–Crippen LogP) is 6.44. The average Bonchev–Trinajstić information content (AvgIpc) is 3.40. The monoisotopic (exact) mass is 449 g/mol. The van der Waals surface area contributed by atoms with Gasteiger partial charge in [0.25, 0.3) is 0 Å². The summed E-state index contributed by atoms with van der Waals surface area (Å²) in [6.45, 7) is 2.10. The first-order valence-electron chi connectivity index (χ1n) is 11.0. The summed E-state index contributed by atoms with van der Waals surface area (Å²) in [6.07, 6.45) is 8.05. The van der Waals surface area contributed by atoms with Gasteiger partial charge in [0.15, 0.2) is 10.2 Å². The molecule has 160 valence electrons. The van der Waals surface area contributed by atoms with Gasteiger partial charge in [-0.15, -0.1) is 0 Å². The van der Waals surface area contributed by atoms with E-state index < -0.39 is 0 Å². The van der Waals surface area contributed by atoms with E-state index in [1.54, 1.807) is 11.8 Å². The van der Waals surface area contributed by atoms with E-state index in [2.05, 4.69) is 64.6 Å². The molecule has 3 heterocycles. The van der Waals surface area contributed by atoms with Gasteiger partial charge in [-0.05, 0) is 68.4 Å². The number of hydrogen-bond donors (Lipinski definition) is 1. The van der Waals surface area contributed by atoms with Crippen molar-refractivity contribution in [3.8, 4) is 0 Å². The third-order valence-electron chi connectivity index (χ3n) is 6.24. The summed E-state index contributed by atoms with van der Waals surface area (Å²) >= 11 is 7.50. The predicted molar refractivity (Wildman–Crippen MR) is 128 cm³/mol. The molecular weight excluding hydrogens is 422 g/mol. The van der Waals surface area contributed by atoms with Gasteiger partial charge in [0.05, 0.1) is 11.7 Å². The maximum absolute atomic E-state index is 6.42. The van der Waals surface area contributed by atoms with Gasteiger partial charge in [-0.2, -0.15) is 0 Å². The lowest BCUT2D eigenvalue weighted by molar-refractivity contribution is 0.174. The van der Waals surface area contributed by atoms with Gasteiger partial charge < -0.3 is 14.6 Å². The fourth-order valence-electron chi connectivity index (χ4n) is 4.69. The number of rotatable bonds is 5. The van der Waals surface area contributed by atoms with Crippen LogP contribution in [0.4, 0.5) is 0 Å². The van der Waals surface area contributed by atoms with Crippen molar-refractivity contribution in [3.63, 3.8) is 0 Å². The van der Waals surface area contributed by atoms with Crippen molar-refractivity contribution in [1.29, 1.82) is 0 Å². The molecule has 6 heteroatoms. The molecule has 2 atom stereocenters. The highest BCUT2D eigenvalue weighted by Crippen LogP contribution is 2.44. The van der Waals surface area contributed by atoms with Crippen LogP contribution in [0.2, 0.25) is 0 Å². The first kappa shape index (κ1) is 20.6. The quantitative estimate of drug-likeness (QED) is 0.452. The van der Waals surface area contributed by atoms with Crippen LogP contribution in [0.1, 0.15) is 61.2 Å². The summed E-state index contributed by atoms with van der Waals surface area (Å²) in [5, 5.41) is 5.28. The minimum Gasteiger partial charge on any atom is -0.452 e. The molecule has 1 aromatic carbocycles. The molecule has 2 fully saturated rings. The largest absolute Gasteiger partial charge is 0.452 e. The first-order valence-corrected chi connectivity index (χ1v) is 12.3. The third-order valence-corrected chi connectivity index (χ3v) is 7.49. The fourth-order valence-corrected chi connectivity index (χ4v) is 5.86. The molecule has 2 aromatic heterocycles. The molecule has 1 saturated heterocycles. The van der Waals surface area contributed by atoms with E-state index in [9.17, 15) is 0 Å². The summed E-state index contributed by atoms with van der Waals surface area (Å²) in [5.74, 6) is 0.947. The van der Waals surface area contributed by atoms with E-state index in [0.29, 0.717) is 6.04 Å². The second-order valence-electron chi connectivity index (χ2n) is 8.40. The summed E-state index contributed by atoms with van der Waals surface area (Å²) in [7, 11) is 0. The van der Waals surface area contributed by atoms with Gasteiger partial charge in [-0.1, -0.05) is 54.8 Å². The van der Waals surface area contributed by atoms with Gasteiger partial charge in [0.1, 0.15) is 11.8 Å². The lowest BCUT2D eigenvalue weighted by Gasteiger charge is -2.36. The second kappa shape index (κ2) is 9.05. The highest BCUT2D eigenvalue weighted by Gasteiger charge is 2.44. The Morgan fingerprint density at radius 1 is 1.03 bits per heavy atom. The summed E-state index contributed by atoms with van der Waals surface area (Å²) < 4.78 is 6.42. The first-order chi connectivity index (χ1) is 15.2. The zero-order valence-corrected chi connectivity index (χ0v) is 19.3. The lowest BCUT2D eigenvalue weighted by atomic mass is 9.92. The SMILES string of the molecule is Cc1ccc(Sc2ccc([C@H]3[C@@H](c4ccccn4)NC(=S)N3C3CCCCC3)o2)cc1. The number of benzene rings is 1. The zero-order valence-electron chi connectivity index (χ0n) is 17.7. The van der Waals surface area contributed by atoms with Crippen molar-refractivity contribution in [3.05, 3.63) is 77.8 Å². The molecule has 31 heavy (non-hydrogen) atoms. The van der Waals surface area contributed by atoms with Crippen molar-refractivity contribution >= 4 is 29.1 Å². The van der Waals surface area contributed by atoms with Crippen LogP contribution < -0.4 is 5.32 Å². The topological polar surface area (TPSA) is 41.3 Å². The van der Waals surface area contributed by atoms with E-state index in [1.165, 1.54) is 42.6 Å². The number of thiocarbonyl (C=S) groups is 1. The van der Waals surface area contributed by atoms with E-state index in [4.69, 9.17) is 16.6 Å². The number of aryl methyl sites for hydroxylation is 1. The standard InChI is InChI=1S/C25H27N3OS2/c1-17-10-12-19(13-11-17)31-22-15-14-21(29-22)24-23(20-9-5-6-16-26-20)27-25(30)28(24)18-7-3-2-4-8-18/h5-6,9-16,18,23-24H,2-4,7-8H2,1H3,(H,27,30)/t23-,24+/m1/s1. The van der Waals surface area contributed by atoms with Crippen LogP contribution in [0.15, 0.2) is 75.2 Å². The minimum absolute atomic E-state index is 0.0119. The molecule has 1 aliphatic heterocycles. The zero-order chi connectivity index (χ0) is 21.2. The number of hydrogen-bond acceptors (Lipinski definition) is 4. The van der Waals surface area contributed by atoms with E-state index in [0.717, 1.165) is 21.7 Å². The Labute approximate surface area is 193 Å². The molecule has 0 amide bonds. The summed E-state index contributed by atoms with van der Waals surface area (Å²) in [5.41, 5.74) is 2.26. The van der Waals surface area contributed by atoms with Crippen LogP contribution in [0, 0.1) is 6.92 Å². The molecule has 0 radical (unpaired) electrons.